The van der Waals surface area contributed by atoms with Crippen molar-refractivity contribution in [2.75, 3.05) is 13.2 Å². The summed E-state index contributed by atoms with van der Waals surface area (Å²) in [6, 6.07) is 10.5. The van der Waals surface area contributed by atoms with Crippen molar-refractivity contribution in [2.45, 2.75) is 13.8 Å². The number of hydrogen-bond acceptors (Lipinski definition) is 1. The molecule has 0 aliphatic carbocycles. The molecule has 0 N–H and O–H groups in total. The molecular weight excluding hydrogens is 184 g/mol. The van der Waals surface area contributed by atoms with Crippen molar-refractivity contribution in [3.8, 4) is 0 Å². The number of ether oxygens (including phenoxy) is 1. The van der Waals surface area contributed by atoms with Crippen LogP contribution in [-0.2, 0) is 4.74 Å². The van der Waals surface area contributed by atoms with Gasteiger partial charge in [-0.15, -0.1) is 0 Å². The molecule has 0 spiro atoms. The lowest BCUT2D eigenvalue weighted by atomic mass is 9.94. The minimum atomic E-state index is 0.588. The van der Waals surface area contributed by atoms with E-state index in [1.807, 2.05) is 0 Å². The molecule has 0 bridgehead atoms. The fourth-order valence-corrected chi connectivity index (χ4v) is 2.01. The molecule has 1 aliphatic heterocycles. The zero-order valence-electron chi connectivity index (χ0n) is 9.44. The zero-order valence-corrected chi connectivity index (χ0v) is 9.44. The molecule has 1 nitrogen and oxygen atoms in total. The molecule has 1 fully saturated rings. The van der Waals surface area contributed by atoms with Crippen LogP contribution in [0.5, 0.6) is 0 Å². The average Bonchev–Trinajstić information content (AvgIpc) is 2.66. The lowest BCUT2D eigenvalue weighted by Crippen LogP contribution is -2.05. The van der Waals surface area contributed by atoms with Gasteiger partial charge in [0.25, 0.3) is 0 Å². The largest absolute Gasteiger partial charge is 0.381 e. The summed E-state index contributed by atoms with van der Waals surface area (Å²) in [5.41, 5.74) is 2.68. The predicted octanol–water partition coefficient (Wildman–Crippen LogP) is 3.37. The summed E-state index contributed by atoms with van der Waals surface area (Å²) in [6.07, 6.45) is 2.35. The van der Waals surface area contributed by atoms with E-state index in [0.29, 0.717) is 11.8 Å². The maximum absolute atomic E-state index is 5.46. The summed E-state index contributed by atoms with van der Waals surface area (Å²) in [6.45, 7) is 6.22. The fraction of sp³-hybridized carbons (Fsp3) is 0.429. The minimum Gasteiger partial charge on any atom is -0.381 e. The van der Waals surface area contributed by atoms with Gasteiger partial charge in [-0.05, 0) is 24.0 Å². The maximum Gasteiger partial charge on any atom is 0.0532 e. The monoisotopic (exact) mass is 202 g/mol. The molecule has 0 unspecified atom stereocenters. The molecule has 1 heteroatoms. The molecular formula is C14H18O. The smallest absolute Gasteiger partial charge is 0.0532 e. The van der Waals surface area contributed by atoms with Crippen molar-refractivity contribution < 1.29 is 4.74 Å². The standard InChI is InChI=1S/C14H18O/c1-11(13-6-4-3-5-7-13)8-14-10-15-9-12(14)2/h3-8,12,14H,9-10H2,1-2H3/b11-8+/t12-,14-/m1/s1. The Labute approximate surface area is 91.8 Å². The van der Waals surface area contributed by atoms with E-state index in [9.17, 15) is 0 Å². The highest BCUT2D eigenvalue weighted by molar-refractivity contribution is 5.63. The quantitative estimate of drug-likeness (QED) is 0.714. The molecule has 0 aromatic heterocycles. The summed E-state index contributed by atoms with van der Waals surface area (Å²) in [7, 11) is 0. The van der Waals surface area contributed by atoms with Crippen molar-refractivity contribution in [3.63, 3.8) is 0 Å². The van der Waals surface area contributed by atoms with Crippen LogP contribution in [-0.4, -0.2) is 13.2 Å². The second-order valence-corrected chi connectivity index (χ2v) is 4.39. The van der Waals surface area contributed by atoms with Crippen LogP contribution < -0.4 is 0 Å². The molecule has 0 amide bonds. The molecule has 1 aromatic carbocycles. The minimum absolute atomic E-state index is 0.588. The van der Waals surface area contributed by atoms with Gasteiger partial charge in [-0.3, -0.25) is 0 Å². The van der Waals surface area contributed by atoms with Gasteiger partial charge in [-0.1, -0.05) is 43.3 Å². The first-order chi connectivity index (χ1) is 7.27. The summed E-state index contributed by atoms with van der Waals surface area (Å²) < 4.78 is 5.46. The predicted molar refractivity (Wildman–Crippen MR) is 63.6 cm³/mol. The SMILES string of the molecule is C/C(=C\[C@@H]1COC[C@H]1C)c1ccccc1. The lowest BCUT2D eigenvalue weighted by Gasteiger charge is -2.09. The third-order valence-electron chi connectivity index (χ3n) is 3.12. The normalized spacial score (nSPS) is 26.9. The van der Waals surface area contributed by atoms with Crippen molar-refractivity contribution in [1.29, 1.82) is 0 Å². The van der Waals surface area contributed by atoms with Crippen LogP contribution in [0.4, 0.5) is 0 Å². The van der Waals surface area contributed by atoms with Crippen molar-refractivity contribution in [1.82, 2.24) is 0 Å². The molecule has 1 saturated heterocycles. The van der Waals surface area contributed by atoms with E-state index in [1.54, 1.807) is 0 Å². The van der Waals surface area contributed by atoms with E-state index in [0.717, 1.165) is 13.2 Å². The number of benzene rings is 1. The van der Waals surface area contributed by atoms with Crippen LogP contribution in [0.25, 0.3) is 5.57 Å². The molecule has 0 radical (unpaired) electrons. The van der Waals surface area contributed by atoms with Gasteiger partial charge >= 0.3 is 0 Å². The Morgan fingerprint density at radius 2 is 2.00 bits per heavy atom. The van der Waals surface area contributed by atoms with Gasteiger partial charge in [-0.2, -0.15) is 0 Å². The first kappa shape index (κ1) is 10.4. The molecule has 1 heterocycles. The van der Waals surface area contributed by atoms with E-state index in [1.165, 1.54) is 11.1 Å². The topological polar surface area (TPSA) is 9.23 Å². The van der Waals surface area contributed by atoms with Crippen LogP contribution in [0.2, 0.25) is 0 Å². The highest BCUT2D eigenvalue weighted by atomic mass is 16.5. The van der Waals surface area contributed by atoms with E-state index >= 15 is 0 Å². The highest BCUT2D eigenvalue weighted by Gasteiger charge is 2.22. The highest BCUT2D eigenvalue weighted by Crippen LogP contribution is 2.25. The number of rotatable bonds is 2. The van der Waals surface area contributed by atoms with Crippen molar-refractivity contribution in [3.05, 3.63) is 42.0 Å². The lowest BCUT2D eigenvalue weighted by molar-refractivity contribution is 0.185. The van der Waals surface area contributed by atoms with Gasteiger partial charge in [0.05, 0.1) is 6.61 Å². The Bertz CT molecular complexity index is 340. The van der Waals surface area contributed by atoms with E-state index in [4.69, 9.17) is 4.74 Å². The van der Waals surface area contributed by atoms with Gasteiger partial charge < -0.3 is 4.74 Å². The Balaban J connectivity index is 2.13. The third kappa shape index (κ3) is 2.48. The summed E-state index contributed by atoms with van der Waals surface area (Å²) in [5, 5.41) is 0. The van der Waals surface area contributed by atoms with Crippen LogP contribution in [0, 0.1) is 11.8 Å². The third-order valence-corrected chi connectivity index (χ3v) is 3.12. The average molecular weight is 202 g/mol. The maximum atomic E-state index is 5.46. The van der Waals surface area contributed by atoms with Crippen LogP contribution in [0.15, 0.2) is 36.4 Å². The van der Waals surface area contributed by atoms with Crippen LogP contribution in [0.3, 0.4) is 0 Å². The van der Waals surface area contributed by atoms with Crippen molar-refractivity contribution >= 4 is 5.57 Å². The van der Waals surface area contributed by atoms with Gasteiger partial charge in [0, 0.05) is 12.5 Å². The van der Waals surface area contributed by atoms with Gasteiger partial charge in [-0.25, -0.2) is 0 Å². The van der Waals surface area contributed by atoms with E-state index in [2.05, 4.69) is 50.3 Å². The zero-order chi connectivity index (χ0) is 10.7. The number of hydrogen-bond donors (Lipinski definition) is 0. The Kier molecular flexibility index (Phi) is 3.22. The first-order valence-corrected chi connectivity index (χ1v) is 5.59. The van der Waals surface area contributed by atoms with E-state index < -0.39 is 0 Å². The van der Waals surface area contributed by atoms with E-state index in [-0.39, 0.29) is 0 Å². The molecule has 80 valence electrons. The Morgan fingerprint density at radius 3 is 2.60 bits per heavy atom. The molecule has 1 aromatic rings. The molecule has 0 saturated carbocycles. The second-order valence-electron chi connectivity index (χ2n) is 4.39. The first-order valence-electron chi connectivity index (χ1n) is 5.59. The fourth-order valence-electron chi connectivity index (χ4n) is 2.01. The molecule has 2 rings (SSSR count). The van der Waals surface area contributed by atoms with Crippen LogP contribution in [0.1, 0.15) is 19.4 Å². The Hall–Kier alpha value is -1.08. The Morgan fingerprint density at radius 1 is 1.27 bits per heavy atom. The molecule has 2 atom stereocenters. The molecule has 15 heavy (non-hydrogen) atoms. The van der Waals surface area contributed by atoms with Gasteiger partial charge in [0.15, 0.2) is 0 Å². The number of allylic oxidation sites excluding steroid dienone is 1. The summed E-state index contributed by atoms with van der Waals surface area (Å²) >= 11 is 0. The van der Waals surface area contributed by atoms with Gasteiger partial charge in [0.2, 0.25) is 0 Å². The summed E-state index contributed by atoms with van der Waals surface area (Å²) in [5.74, 6) is 1.24. The second kappa shape index (κ2) is 4.63. The van der Waals surface area contributed by atoms with Crippen molar-refractivity contribution in [2.24, 2.45) is 11.8 Å². The molecule has 1 aliphatic rings. The summed E-state index contributed by atoms with van der Waals surface area (Å²) in [4.78, 5) is 0. The van der Waals surface area contributed by atoms with Crippen LogP contribution >= 0.6 is 0 Å². The van der Waals surface area contributed by atoms with Gasteiger partial charge in [0.1, 0.15) is 0 Å².